The van der Waals surface area contributed by atoms with Crippen molar-refractivity contribution in [3.63, 3.8) is 0 Å². The Kier molecular flexibility index (Phi) is 1.94. The highest BCUT2D eigenvalue weighted by Crippen LogP contribution is 2.15. The molecule has 1 heterocycles. The minimum Gasteiger partial charge on any atom is -0.242 e. The molecule has 4 nitrogen and oxygen atoms in total. The molecule has 0 aromatic carbocycles. The van der Waals surface area contributed by atoms with Crippen LogP contribution in [0.5, 0.6) is 0 Å². The molecular formula is C6H9FN4. The molecule has 0 saturated heterocycles. The predicted molar refractivity (Wildman–Crippen MR) is 37.8 cm³/mol. The van der Waals surface area contributed by atoms with Gasteiger partial charge in [0, 0.05) is 6.04 Å². The number of hydrogen-bond acceptors (Lipinski definition) is 4. The number of hydrogen-bond donors (Lipinski definition) is 0. The summed E-state index contributed by atoms with van der Waals surface area (Å²) < 4.78 is 13.0. The van der Waals surface area contributed by atoms with Crippen LogP contribution in [0.1, 0.15) is 13.8 Å². The van der Waals surface area contributed by atoms with Crippen LogP contribution in [0.4, 0.5) is 4.39 Å². The van der Waals surface area contributed by atoms with E-state index in [1.54, 1.807) is 6.19 Å². The minimum atomic E-state index is -1.43. The van der Waals surface area contributed by atoms with Crippen molar-refractivity contribution >= 4 is 6.34 Å². The topological polar surface area (TPSA) is 42.6 Å². The molecule has 1 rings (SSSR count). The Morgan fingerprint density at radius 2 is 2.36 bits per heavy atom. The van der Waals surface area contributed by atoms with Crippen molar-refractivity contribution < 1.29 is 4.39 Å². The first-order chi connectivity index (χ1) is 5.16. The SMILES string of the molecule is CC(C)N1N=CN(C#N)C1F. The molecule has 0 amide bonds. The van der Waals surface area contributed by atoms with Gasteiger partial charge in [-0.1, -0.05) is 0 Å². The fourth-order valence-corrected chi connectivity index (χ4v) is 0.806. The maximum Gasteiger partial charge on any atom is 0.277 e. The van der Waals surface area contributed by atoms with Gasteiger partial charge >= 0.3 is 0 Å². The van der Waals surface area contributed by atoms with E-state index in [2.05, 4.69) is 5.10 Å². The first-order valence-corrected chi connectivity index (χ1v) is 3.31. The van der Waals surface area contributed by atoms with Crippen LogP contribution in [-0.4, -0.2) is 28.7 Å². The molecule has 11 heavy (non-hydrogen) atoms. The summed E-state index contributed by atoms with van der Waals surface area (Å²) in [5, 5.41) is 13.3. The van der Waals surface area contributed by atoms with E-state index in [-0.39, 0.29) is 6.04 Å². The Morgan fingerprint density at radius 1 is 1.73 bits per heavy atom. The highest BCUT2D eigenvalue weighted by Gasteiger charge is 2.28. The van der Waals surface area contributed by atoms with E-state index in [1.165, 1.54) is 11.3 Å². The third-order valence-corrected chi connectivity index (χ3v) is 1.40. The molecule has 0 fully saturated rings. The zero-order chi connectivity index (χ0) is 8.43. The second-order valence-electron chi connectivity index (χ2n) is 2.52. The third kappa shape index (κ3) is 1.24. The molecule has 0 radical (unpaired) electrons. The van der Waals surface area contributed by atoms with Crippen LogP contribution < -0.4 is 0 Å². The normalized spacial score (nSPS) is 23.0. The van der Waals surface area contributed by atoms with Crippen LogP contribution in [0, 0.1) is 11.5 Å². The van der Waals surface area contributed by atoms with E-state index < -0.39 is 6.42 Å². The lowest BCUT2D eigenvalue weighted by molar-refractivity contribution is 0.0173. The van der Waals surface area contributed by atoms with Crippen molar-refractivity contribution in [3.05, 3.63) is 0 Å². The minimum absolute atomic E-state index is 0.0281. The Labute approximate surface area is 64.5 Å². The summed E-state index contributed by atoms with van der Waals surface area (Å²) in [6.45, 7) is 3.62. The highest BCUT2D eigenvalue weighted by molar-refractivity contribution is 5.58. The number of halogens is 1. The molecule has 0 spiro atoms. The smallest absolute Gasteiger partial charge is 0.242 e. The van der Waals surface area contributed by atoms with Gasteiger partial charge in [-0.05, 0) is 13.8 Å². The van der Waals surface area contributed by atoms with Crippen molar-refractivity contribution in [3.8, 4) is 6.19 Å². The number of hydrazone groups is 1. The van der Waals surface area contributed by atoms with Crippen LogP contribution in [0.2, 0.25) is 0 Å². The van der Waals surface area contributed by atoms with Crippen molar-refractivity contribution in [2.45, 2.75) is 26.3 Å². The van der Waals surface area contributed by atoms with Gasteiger partial charge in [0.15, 0.2) is 6.19 Å². The van der Waals surface area contributed by atoms with Crippen LogP contribution in [0.3, 0.4) is 0 Å². The van der Waals surface area contributed by atoms with Crippen molar-refractivity contribution in [1.82, 2.24) is 9.91 Å². The standard InChI is InChI=1S/C6H9FN4/c1-5(2)11-6(7)10(3-8)4-9-11/h4-6H,1-2H3. The Morgan fingerprint density at radius 3 is 2.64 bits per heavy atom. The Balaban J connectivity index is 2.65. The maximum atomic E-state index is 13.0. The van der Waals surface area contributed by atoms with Crippen LogP contribution in [-0.2, 0) is 0 Å². The van der Waals surface area contributed by atoms with Gasteiger partial charge in [-0.15, -0.1) is 0 Å². The molecule has 0 aromatic heterocycles. The molecular weight excluding hydrogens is 147 g/mol. The second-order valence-corrected chi connectivity index (χ2v) is 2.52. The molecule has 0 saturated carbocycles. The third-order valence-electron chi connectivity index (χ3n) is 1.40. The molecule has 5 heteroatoms. The largest absolute Gasteiger partial charge is 0.277 e. The molecule has 0 aromatic rings. The number of nitriles is 1. The van der Waals surface area contributed by atoms with E-state index in [0.717, 1.165) is 4.90 Å². The quantitative estimate of drug-likeness (QED) is 0.414. The summed E-state index contributed by atoms with van der Waals surface area (Å²) in [6, 6.07) is -0.0281. The summed E-state index contributed by atoms with van der Waals surface area (Å²) in [7, 11) is 0. The van der Waals surface area contributed by atoms with Gasteiger partial charge in [-0.3, -0.25) is 0 Å². The van der Waals surface area contributed by atoms with Gasteiger partial charge in [-0.25, -0.2) is 9.91 Å². The van der Waals surface area contributed by atoms with Crippen molar-refractivity contribution in [2.24, 2.45) is 5.10 Å². The lowest BCUT2D eigenvalue weighted by Gasteiger charge is -2.22. The lowest BCUT2D eigenvalue weighted by Crippen LogP contribution is -2.36. The van der Waals surface area contributed by atoms with Crippen LogP contribution >= 0.6 is 0 Å². The summed E-state index contributed by atoms with van der Waals surface area (Å²) in [6.07, 6.45) is 1.42. The molecule has 0 aliphatic carbocycles. The number of rotatable bonds is 1. The zero-order valence-corrected chi connectivity index (χ0v) is 6.40. The Hall–Kier alpha value is -1.31. The Bertz CT molecular complexity index is 207. The van der Waals surface area contributed by atoms with E-state index in [1.807, 2.05) is 13.8 Å². The van der Waals surface area contributed by atoms with E-state index in [0.29, 0.717) is 0 Å². The summed E-state index contributed by atoms with van der Waals surface area (Å²) in [5.74, 6) is 0. The summed E-state index contributed by atoms with van der Waals surface area (Å²) >= 11 is 0. The second kappa shape index (κ2) is 2.74. The number of nitrogens with zero attached hydrogens (tertiary/aromatic N) is 4. The average Bonchev–Trinajstić information content (AvgIpc) is 2.30. The molecule has 1 aliphatic heterocycles. The monoisotopic (exact) mass is 156 g/mol. The fourth-order valence-electron chi connectivity index (χ4n) is 0.806. The van der Waals surface area contributed by atoms with Gasteiger partial charge in [-0.2, -0.15) is 14.8 Å². The molecule has 60 valence electrons. The van der Waals surface area contributed by atoms with E-state index in [4.69, 9.17) is 5.26 Å². The van der Waals surface area contributed by atoms with Gasteiger partial charge in [0.05, 0.1) is 0 Å². The molecule has 1 unspecified atom stereocenters. The highest BCUT2D eigenvalue weighted by atomic mass is 19.1. The summed E-state index contributed by atoms with van der Waals surface area (Å²) in [4.78, 5) is 0.861. The van der Waals surface area contributed by atoms with Gasteiger partial charge < -0.3 is 0 Å². The van der Waals surface area contributed by atoms with Crippen molar-refractivity contribution in [2.75, 3.05) is 0 Å². The predicted octanol–water partition coefficient (Wildman–Crippen LogP) is 0.690. The van der Waals surface area contributed by atoms with Crippen LogP contribution in [0.15, 0.2) is 5.10 Å². The number of alkyl halides is 1. The van der Waals surface area contributed by atoms with Crippen molar-refractivity contribution in [1.29, 1.82) is 5.26 Å². The van der Waals surface area contributed by atoms with Gasteiger partial charge in [0.1, 0.15) is 6.34 Å². The zero-order valence-electron chi connectivity index (χ0n) is 6.40. The molecule has 1 aliphatic rings. The molecule has 1 atom stereocenters. The van der Waals surface area contributed by atoms with Crippen LogP contribution in [0.25, 0.3) is 0 Å². The van der Waals surface area contributed by atoms with E-state index >= 15 is 0 Å². The maximum absolute atomic E-state index is 13.0. The molecule has 0 bridgehead atoms. The van der Waals surface area contributed by atoms with Gasteiger partial charge in [0.25, 0.3) is 6.42 Å². The molecule has 0 N–H and O–H groups in total. The summed E-state index contributed by atoms with van der Waals surface area (Å²) in [5.41, 5.74) is 0. The van der Waals surface area contributed by atoms with Gasteiger partial charge in [0.2, 0.25) is 0 Å². The fraction of sp³-hybridized carbons (Fsp3) is 0.667. The first kappa shape index (κ1) is 7.79. The van der Waals surface area contributed by atoms with E-state index in [9.17, 15) is 4.39 Å². The average molecular weight is 156 g/mol. The lowest BCUT2D eigenvalue weighted by atomic mass is 10.4. The first-order valence-electron chi connectivity index (χ1n) is 3.31.